The summed E-state index contributed by atoms with van der Waals surface area (Å²) in [6, 6.07) is -0.233. The third kappa shape index (κ3) is 1.61. The molecular weight excluding hydrogens is 158 g/mol. The smallest absolute Gasteiger partial charge is 0.0768 e. The number of aliphatic hydroxyl groups is 3. The summed E-state index contributed by atoms with van der Waals surface area (Å²) >= 11 is 0. The first kappa shape index (κ1) is 9.92. The van der Waals surface area contributed by atoms with Crippen LogP contribution < -0.4 is 0 Å². The predicted molar refractivity (Wildman–Crippen MR) is 44.7 cm³/mol. The Morgan fingerprint density at radius 2 is 2.00 bits per heavy atom. The second-order valence-electron chi connectivity index (χ2n) is 3.61. The van der Waals surface area contributed by atoms with E-state index in [1.165, 1.54) is 0 Å². The van der Waals surface area contributed by atoms with Crippen LogP contribution in [0.1, 0.15) is 6.92 Å². The van der Waals surface area contributed by atoms with Gasteiger partial charge in [0.2, 0.25) is 0 Å². The van der Waals surface area contributed by atoms with Crippen LogP contribution in [-0.4, -0.2) is 58.7 Å². The molecule has 4 nitrogen and oxygen atoms in total. The van der Waals surface area contributed by atoms with E-state index in [1.807, 2.05) is 0 Å². The molecule has 0 unspecified atom stereocenters. The molecule has 0 aliphatic carbocycles. The van der Waals surface area contributed by atoms with Crippen molar-refractivity contribution in [2.45, 2.75) is 25.2 Å². The van der Waals surface area contributed by atoms with Gasteiger partial charge in [-0.15, -0.1) is 0 Å². The Balaban J connectivity index is 2.65. The van der Waals surface area contributed by atoms with Gasteiger partial charge in [-0.3, -0.25) is 4.90 Å². The molecule has 4 atom stereocenters. The predicted octanol–water partition coefficient (Wildman–Crippen LogP) is -1.35. The maximum atomic E-state index is 9.62. The van der Waals surface area contributed by atoms with E-state index in [0.717, 1.165) is 0 Å². The van der Waals surface area contributed by atoms with Crippen molar-refractivity contribution < 1.29 is 15.3 Å². The number of nitrogens with zero attached hydrogens (tertiary/aromatic N) is 1. The van der Waals surface area contributed by atoms with Crippen LogP contribution in [0.15, 0.2) is 0 Å². The van der Waals surface area contributed by atoms with Gasteiger partial charge in [0.1, 0.15) is 0 Å². The average Bonchev–Trinajstić information content (AvgIpc) is 2.01. The molecular formula is C8H17NO3. The van der Waals surface area contributed by atoms with Gasteiger partial charge >= 0.3 is 0 Å². The zero-order valence-electron chi connectivity index (χ0n) is 7.51. The molecule has 0 bridgehead atoms. The minimum atomic E-state index is -0.635. The standard InChI is InChI=1S/C8H17NO3/c1-5-7(11)3-9(2)6(4-10)8(5)12/h5-8,10-12H,3-4H2,1-2H3/t5-,6-,7+,8-/m1/s1. The summed E-state index contributed by atoms with van der Waals surface area (Å²) in [5.74, 6) is -0.154. The fourth-order valence-corrected chi connectivity index (χ4v) is 1.68. The third-order valence-corrected chi connectivity index (χ3v) is 2.77. The lowest BCUT2D eigenvalue weighted by atomic mass is 9.88. The number of likely N-dealkylation sites (N-methyl/N-ethyl adjacent to an activating group) is 1. The molecule has 1 heterocycles. The first-order chi connectivity index (χ1) is 5.57. The van der Waals surface area contributed by atoms with Crippen molar-refractivity contribution in [3.63, 3.8) is 0 Å². The van der Waals surface area contributed by atoms with Gasteiger partial charge in [0.15, 0.2) is 0 Å². The van der Waals surface area contributed by atoms with Crippen molar-refractivity contribution in [1.82, 2.24) is 4.90 Å². The van der Waals surface area contributed by atoms with Gasteiger partial charge in [-0.2, -0.15) is 0 Å². The van der Waals surface area contributed by atoms with Crippen molar-refractivity contribution in [2.24, 2.45) is 5.92 Å². The monoisotopic (exact) mass is 175 g/mol. The van der Waals surface area contributed by atoms with E-state index in [1.54, 1.807) is 18.9 Å². The van der Waals surface area contributed by atoms with Gasteiger partial charge in [0.05, 0.1) is 24.9 Å². The van der Waals surface area contributed by atoms with E-state index in [9.17, 15) is 10.2 Å². The SMILES string of the molecule is C[C@H]1[C@@H](O)[C@@H](CO)N(C)C[C@@H]1O. The number of piperidine rings is 1. The molecule has 4 heteroatoms. The van der Waals surface area contributed by atoms with Crippen molar-refractivity contribution in [1.29, 1.82) is 0 Å². The highest BCUT2D eigenvalue weighted by Crippen LogP contribution is 2.21. The maximum Gasteiger partial charge on any atom is 0.0768 e. The number of aliphatic hydroxyl groups excluding tert-OH is 3. The zero-order chi connectivity index (χ0) is 9.30. The summed E-state index contributed by atoms with van der Waals surface area (Å²) in [4.78, 5) is 1.79. The van der Waals surface area contributed by atoms with Crippen LogP contribution in [0, 0.1) is 5.92 Å². The topological polar surface area (TPSA) is 63.9 Å². The Morgan fingerprint density at radius 1 is 1.42 bits per heavy atom. The molecule has 0 amide bonds. The Labute approximate surface area is 72.4 Å². The van der Waals surface area contributed by atoms with Gasteiger partial charge in [0.25, 0.3) is 0 Å². The molecule has 0 aromatic heterocycles. The van der Waals surface area contributed by atoms with Crippen LogP contribution in [0.5, 0.6) is 0 Å². The minimum Gasteiger partial charge on any atom is -0.395 e. The lowest BCUT2D eigenvalue weighted by Gasteiger charge is -2.42. The molecule has 1 aliphatic heterocycles. The lowest BCUT2D eigenvalue weighted by molar-refractivity contribution is -0.0932. The van der Waals surface area contributed by atoms with Crippen LogP contribution in [0.25, 0.3) is 0 Å². The zero-order valence-corrected chi connectivity index (χ0v) is 7.51. The van der Waals surface area contributed by atoms with Crippen molar-refractivity contribution in [2.75, 3.05) is 20.2 Å². The molecule has 0 saturated carbocycles. The number of hydrogen-bond acceptors (Lipinski definition) is 4. The van der Waals surface area contributed by atoms with Crippen LogP contribution in [0.2, 0.25) is 0 Å². The van der Waals surface area contributed by atoms with Crippen molar-refractivity contribution in [3.05, 3.63) is 0 Å². The maximum absolute atomic E-state index is 9.62. The summed E-state index contributed by atoms with van der Waals surface area (Å²) in [6.45, 7) is 2.25. The number of rotatable bonds is 1. The van der Waals surface area contributed by atoms with Crippen LogP contribution >= 0.6 is 0 Å². The second-order valence-corrected chi connectivity index (χ2v) is 3.61. The van der Waals surface area contributed by atoms with Gasteiger partial charge in [0, 0.05) is 12.5 Å². The summed E-state index contributed by atoms with van der Waals surface area (Å²) in [5.41, 5.74) is 0. The Morgan fingerprint density at radius 3 is 2.50 bits per heavy atom. The summed E-state index contributed by atoms with van der Waals surface area (Å²) in [6.07, 6.45) is -1.13. The summed E-state index contributed by atoms with van der Waals surface area (Å²) in [5, 5.41) is 28.0. The lowest BCUT2D eigenvalue weighted by Crippen LogP contribution is -2.57. The highest BCUT2D eigenvalue weighted by molar-refractivity contribution is 4.90. The first-order valence-electron chi connectivity index (χ1n) is 4.25. The molecule has 1 fully saturated rings. The van der Waals surface area contributed by atoms with E-state index >= 15 is 0 Å². The molecule has 12 heavy (non-hydrogen) atoms. The fraction of sp³-hybridized carbons (Fsp3) is 1.00. The minimum absolute atomic E-state index is 0.0608. The molecule has 0 spiro atoms. The summed E-state index contributed by atoms with van der Waals surface area (Å²) < 4.78 is 0. The van der Waals surface area contributed by atoms with Crippen molar-refractivity contribution >= 4 is 0 Å². The van der Waals surface area contributed by atoms with Crippen molar-refractivity contribution in [3.8, 4) is 0 Å². The van der Waals surface area contributed by atoms with E-state index in [0.29, 0.717) is 6.54 Å². The van der Waals surface area contributed by atoms with Gasteiger partial charge < -0.3 is 15.3 Å². The third-order valence-electron chi connectivity index (χ3n) is 2.77. The first-order valence-corrected chi connectivity index (χ1v) is 4.25. The van der Waals surface area contributed by atoms with E-state index in [4.69, 9.17) is 5.11 Å². The summed E-state index contributed by atoms with van der Waals surface area (Å²) in [7, 11) is 1.79. The van der Waals surface area contributed by atoms with Crippen LogP contribution in [0.4, 0.5) is 0 Å². The molecule has 3 N–H and O–H groups in total. The quantitative estimate of drug-likeness (QED) is 0.461. The number of hydrogen-bond donors (Lipinski definition) is 3. The fourth-order valence-electron chi connectivity index (χ4n) is 1.68. The highest BCUT2D eigenvalue weighted by Gasteiger charge is 2.37. The molecule has 0 aromatic rings. The van der Waals surface area contributed by atoms with E-state index < -0.39 is 12.2 Å². The molecule has 1 aliphatic rings. The molecule has 1 rings (SSSR count). The molecule has 0 radical (unpaired) electrons. The molecule has 72 valence electrons. The van der Waals surface area contributed by atoms with E-state index in [-0.39, 0.29) is 18.6 Å². The molecule has 0 aromatic carbocycles. The van der Waals surface area contributed by atoms with Gasteiger partial charge in [-0.1, -0.05) is 6.92 Å². The van der Waals surface area contributed by atoms with Crippen LogP contribution in [0.3, 0.4) is 0 Å². The normalized spacial score (nSPS) is 44.8. The number of β-amino-alcohol motifs (C(OH)–C–C–N with tert-alkyl or cyclic N) is 1. The Hall–Kier alpha value is -0.160. The second kappa shape index (κ2) is 3.70. The van der Waals surface area contributed by atoms with E-state index in [2.05, 4.69) is 0 Å². The average molecular weight is 175 g/mol. The number of likely N-dealkylation sites (tertiary alicyclic amines) is 1. The van der Waals surface area contributed by atoms with Crippen LogP contribution in [-0.2, 0) is 0 Å². The largest absolute Gasteiger partial charge is 0.395 e. The Kier molecular flexibility index (Phi) is 3.06. The Bertz CT molecular complexity index is 153. The molecule has 1 saturated heterocycles. The van der Waals surface area contributed by atoms with Gasteiger partial charge in [-0.25, -0.2) is 0 Å². The van der Waals surface area contributed by atoms with Gasteiger partial charge in [-0.05, 0) is 7.05 Å². The highest BCUT2D eigenvalue weighted by atomic mass is 16.3.